The maximum atomic E-state index is 11.1. The van der Waals surface area contributed by atoms with Gasteiger partial charge in [0.15, 0.2) is 0 Å². The van der Waals surface area contributed by atoms with Crippen LogP contribution in [0, 0.1) is 3.57 Å². The molecule has 1 rings (SSSR count). The Hall–Kier alpha value is 0.390. The topological polar surface area (TPSA) is 17.1 Å². The highest BCUT2D eigenvalue weighted by atomic mass is 127. The van der Waals surface area contributed by atoms with Gasteiger partial charge in [0.25, 0.3) is 0 Å². The first kappa shape index (κ1) is 12.5. The van der Waals surface area contributed by atoms with Crippen LogP contribution in [-0.2, 0) is 10.7 Å². The SMILES string of the molecule is CC(=O)C(Br)c1ccc(CCl)c(I)c1. The molecule has 14 heavy (non-hydrogen) atoms. The molecule has 0 amide bonds. The third-order valence-corrected chi connectivity index (χ3v) is 4.34. The molecule has 0 aromatic heterocycles. The second-order valence-corrected chi connectivity index (χ2v) is 5.30. The summed E-state index contributed by atoms with van der Waals surface area (Å²) in [6.07, 6.45) is 0. The lowest BCUT2D eigenvalue weighted by Crippen LogP contribution is -2.01. The van der Waals surface area contributed by atoms with Crippen molar-refractivity contribution in [1.29, 1.82) is 0 Å². The van der Waals surface area contributed by atoms with Crippen LogP contribution in [0.25, 0.3) is 0 Å². The second kappa shape index (κ2) is 5.47. The van der Waals surface area contributed by atoms with E-state index in [1.54, 1.807) is 6.92 Å². The van der Waals surface area contributed by atoms with Gasteiger partial charge in [-0.25, -0.2) is 0 Å². The number of rotatable bonds is 3. The summed E-state index contributed by atoms with van der Waals surface area (Å²) in [7, 11) is 0. The van der Waals surface area contributed by atoms with Gasteiger partial charge in [0.1, 0.15) is 5.78 Å². The van der Waals surface area contributed by atoms with E-state index in [0.717, 1.165) is 14.7 Å². The fraction of sp³-hybridized carbons (Fsp3) is 0.300. The van der Waals surface area contributed by atoms with Crippen LogP contribution in [-0.4, -0.2) is 5.78 Å². The number of Topliss-reactive ketones (excluding diaryl/α,β-unsaturated/α-hetero) is 1. The molecule has 76 valence electrons. The van der Waals surface area contributed by atoms with Crippen LogP contribution >= 0.6 is 50.1 Å². The van der Waals surface area contributed by atoms with Gasteiger partial charge in [-0.2, -0.15) is 0 Å². The molecule has 0 aliphatic heterocycles. The molecule has 0 fully saturated rings. The quantitative estimate of drug-likeness (QED) is 0.565. The standard InChI is InChI=1S/C10H9BrClIO/c1-6(14)10(11)7-2-3-8(5-12)9(13)4-7/h2-4,10H,5H2,1H3. The zero-order valence-corrected chi connectivity index (χ0v) is 12.1. The Labute approximate surface area is 110 Å². The van der Waals surface area contributed by atoms with Gasteiger partial charge in [0.2, 0.25) is 0 Å². The van der Waals surface area contributed by atoms with E-state index in [-0.39, 0.29) is 10.6 Å². The number of carbonyl (C=O) groups is 1. The summed E-state index contributed by atoms with van der Waals surface area (Å²) >= 11 is 11.3. The van der Waals surface area contributed by atoms with E-state index in [1.807, 2.05) is 18.2 Å². The van der Waals surface area contributed by atoms with Gasteiger partial charge in [-0.1, -0.05) is 28.1 Å². The van der Waals surface area contributed by atoms with Gasteiger partial charge in [0.05, 0.1) is 4.83 Å². The lowest BCUT2D eigenvalue weighted by atomic mass is 10.1. The molecule has 0 saturated carbocycles. The average Bonchev–Trinajstić information content (AvgIpc) is 2.16. The molecule has 1 atom stereocenters. The largest absolute Gasteiger partial charge is 0.298 e. The van der Waals surface area contributed by atoms with Gasteiger partial charge in [-0.05, 0) is 46.7 Å². The zero-order valence-electron chi connectivity index (χ0n) is 7.56. The lowest BCUT2D eigenvalue weighted by molar-refractivity contribution is -0.116. The summed E-state index contributed by atoms with van der Waals surface area (Å²) in [5, 5.41) is 0. The smallest absolute Gasteiger partial charge is 0.147 e. The summed E-state index contributed by atoms with van der Waals surface area (Å²) in [5.41, 5.74) is 2.08. The Balaban J connectivity index is 3.02. The second-order valence-electron chi connectivity index (χ2n) is 2.96. The maximum Gasteiger partial charge on any atom is 0.147 e. The predicted molar refractivity (Wildman–Crippen MR) is 71.1 cm³/mol. The molecule has 0 heterocycles. The monoisotopic (exact) mass is 386 g/mol. The fourth-order valence-corrected chi connectivity index (χ4v) is 2.54. The lowest BCUT2D eigenvalue weighted by Gasteiger charge is -2.08. The van der Waals surface area contributed by atoms with Crippen molar-refractivity contribution in [2.45, 2.75) is 17.6 Å². The van der Waals surface area contributed by atoms with E-state index in [0.29, 0.717) is 5.88 Å². The summed E-state index contributed by atoms with van der Waals surface area (Å²) in [6, 6.07) is 5.88. The molecule has 0 N–H and O–H groups in total. The third-order valence-electron chi connectivity index (χ3n) is 1.87. The number of hydrogen-bond donors (Lipinski definition) is 0. The van der Waals surface area contributed by atoms with E-state index in [1.165, 1.54) is 0 Å². The molecule has 0 radical (unpaired) electrons. The molecule has 0 bridgehead atoms. The molecule has 1 unspecified atom stereocenters. The van der Waals surface area contributed by atoms with Gasteiger partial charge < -0.3 is 0 Å². The third kappa shape index (κ3) is 2.94. The highest BCUT2D eigenvalue weighted by Crippen LogP contribution is 2.26. The average molecular weight is 387 g/mol. The summed E-state index contributed by atoms with van der Waals surface area (Å²) in [4.78, 5) is 10.9. The minimum Gasteiger partial charge on any atom is -0.298 e. The van der Waals surface area contributed by atoms with E-state index in [9.17, 15) is 4.79 Å². The van der Waals surface area contributed by atoms with Gasteiger partial charge in [0, 0.05) is 9.45 Å². The Bertz CT molecular complexity index is 354. The number of benzene rings is 1. The van der Waals surface area contributed by atoms with Crippen LogP contribution in [0.2, 0.25) is 0 Å². The molecular formula is C10H9BrClIO. The van der Waals surface area contributed by atoms with Crippen molar-refractivity contribution in [2.75, 3.05) is 0 Å². The van der Waals surface area contributed by atoms with Crippen molar-refractivity contribution in [3.8, 4) is 0 Å². The molecule has 4 heteroatoms. The van der Waals surface area contributed by atoms with Crippen molar-refractivity contribution < 1.29 is 4.79 Å². The molecular weight excluding hydrogens is 378 g/mol. The number of halogens is 3. The minimum absolute atomic E-state index is 0.111. The Morgan fingerprint density at radius 2 is 2.29 bits per heavy atom. The summed E-state index contributed by atoms with van der Waals surface area (Å²) in [5.74, 6) is 0.616. The number of alkyl halides is 2. The van der Waals surface area contributed by atoms with Crippen LogP contribution in [0.3, 0.4) is 0 Å². The Morgan fingerprint density at radius 1 is 1.64 bits per heavy atom. The number of carbonyl (C=O) groups excluding carboxylic acids is 1. The molecule has 0 aliphatic carbocycles. The number of ketones is 1. The van der Waals surface area contributed by atoms with E-state index >= 15 is 0 Å². The fourth-order valence-electron chi connectivity index (χ4n) is 1.06. The van der Waals surface area contributed by atoms with Gasteiger partial charge in [-0.15, -0.1) is 11.6 Å². The van der Waals surface area contributed by atoms with Crippen LogP contribution in [0.15, 0.2) is 18.2 Å². The van der Waals surface area contributed by atoms with Crippen molar-refractivity contribution in [3.63, 3.8) is 0 Å². The van der Waals surface area contributed by atoms with Crippen LogP contribution < -0.4 is 0 Å². The maximum absolute atomic E-state index is 11.1. The van der Waals surface area contributed by atoms with Crippen molar-refractivity contribution >= 4 is 55.9 Å². The van der Waals surface area contributed by atoms with Crippen LogP contribution in [0.5, 0.6) is 0 Å². The highest BCUT2D eigenvalue weighted by molar-refractivity contribution is 14.1. The zero-order chi connectivity index (χ0) is 10.7. The highest BCUT2D eigenvalue weighted by Gasteiger charge is 2.13. The molecule has 1 nitrogen and oxygen atoms in total. The Morgan fingerprint density at radius 3 is 2.71 bits per heavy atom. The molecule has 1 aromatic rings. The molecule has 1 aromatic carbocycles. The summed E-state index contributed by atoms with van der Waals surface area (Å²) < 4.78 is 1.10. The van der Waals surface area contributed by atoms with Crippen molar-refractivity contribution in [3.05, 3.63) is 32.9 Å². The predicted octanol–water partition coefficient (Wildman–Crippen LogP) is 4.06. The first-order valence-electron chi connectivity index (χ1n) is 4.05. The van der Waals surface area contributed by atoms with E-state index in [2.05, 4.69) is 38.5 Å². The van der Waals surface area contributed by atoms with E-state index in [4.69, 9.17) is 11.6 Å². The summed E-state index contributed by atoms with van der Waals surface area (Å²) in [6.45, 7) is 1.57. The molecule has 0 spiro atoms. The van der Waals surface area contributed by atoms with Gasteiger partial charge in [-0.3, -0.25) is 4.79 Å². The van der Waals surface area contributed by atoms with Crippen molar-refractivity contribution in [2.24, 2.45) is 0 Å². The first-order chi connectivity index (χ1) is 6.56. The first-order valence-corrected chi connectivity index (χ1v) is 6.58. The molecule has 0 saturated heterocycles. The van der Waals surface area contributed by atoms with Crippen LogP contribution in [0.4, 0.5) is 0 Å². The molecule has 0 aliphatic rings. The number of hydrogen-bond acceptors (Lipinski definition) is 1. The minimum atomic E-state index is -0.208. The Kier molecular flexibility index (Phi) is 4.87. The van der Waals surface area contributed by atoms with Crippen molar-refractivity contribution in [1.82, 2.24) is 0 Å². The normalized spacial score (nSPS) is 12.6. The van der Waals surface area contributed by atoms with Gasteiger partial charge >= 0.3 is 0 Å². The van der Waals surface area contributed by atoms with E-state index < -0.39 is 0 Å². The van der Waals surface area contributed by atoms with Crippen LogP contribution in [0.1, 0.15) is 22.9 Å².